The molecule has 3 rings (SSSR count). The van der Waals surface area contributed by atoms with Gasteiger partial charge in [-0.25, -0.2) is 4.79 Å². The summed E-state index contributed by atoms with van der Waals surface area (Å²) in [4.78, 5) is 25.5. The lowest BCUT2D eigenvalue weighted by molar-refractivity contribution is 0.0602. The first-order chi connectivity index (χ1) is 16.2. The van der Waals surface area contributed by atoms with E-state index in [0.717, 1.165) is 15.9 Å². The molecule has 0 spiro atoms. The summed E-state index contributed by atoms with van der Waals surface area (Å²) in [5.41, 5.74) is 0.935. The molecule has 0 bridgehead atoms. The Bertz CT molecular complexity index is 1000. The number of hydrogen-bond donors (Lipinski definition) is 1. The molecule has 33 heavy (non-hydrogen) atoms. The Morgan fingerprint density at radius 1 is 0.818 bits per heavy atom. The number of carbonyl (C=O) groups excluding carboxylic acids is 2. The highest BCUT2D eigenvalue weighted by Crippen LogP contribution is 2.34. The fourth-order valence-corrected chi connectivity index (χ4v) is 5.77. The van der Waals surface area contributed by atoms with Gasteiger partial charge in [-0.1, -0.05) is 60.7 Å². The third kappa shape index (κ3) is 6.72. The van der Waals surface area contributed by atoms with Gasteiger partial charge in [0.2, 0.25) is 0 Å². The van der Waals surface area contributed by atoms with Gasteiger partial charge in [0.15, 0.2) is 0 Å². The van der Waals surface area contributed by atoms with Crippen molar-refractivity contribution in [2.24, 2.45) is 0 Å². The third-order valence-electron chi connectivity index (χ3n) is 4.90. The lowest BCUT2D eigenvalue weighted by Crippen LogP contribution is -2.30. The van der Waals surface area contributed by atoms with Crippen LogP contribution in [0.5, 0.6) is 0 Å². The van der Waals surface area contributed by atoms with E-state index < -0.39 is 13.9 Å². The maximum absolute atomic E-state index is 12.8. The van der Waals surface area contributed by atoms with Gasteiger partial charge >= 0.3 is 5.97 Å². The van der Waals surface area contributed by atoms with E-state index >= 15 is 0 Å². The van der Waals surface area contributed by atoms with Crippen molar-refractivity contribution in [1.82, 2.24) is 5.32 Å². The minimum Gasteiger partial charge on any atom is -0.465 e. The number of ether oxygens (including phenoxy) is 3. The Morgan fingerprint density at radius 3 is 2.03 bits per heavy atom. The van der Waals surface area contributed by atoms with Gasteiger partial charge in [0.25, 0.3) is 5.91 Å². The summed E-state index contributed by atoms with van der Waals surface area (Å²) in [7, 11) is 1.89. The van der Waals surface area contributed by atoms with Gasteiger partial charge in [-0.3, -0.25) is 4.79 Å². The van der Waals surface area contributed by atoms with Gasteiger partial charge in [0.1, 0.15) is 0 Å². The van der Waals surface area contributed by atoms with E-state index in [1.165, 1.54) is 7.11 Å². The van der Waals surface area contributed by atoms with Crippen molar-refractivity contribution in [3.63, 3.8) is 0 Å². The van der Waals surface area contributed by atoms with Crippen molar-refractivity contribution in [2.75, 3.05) is 40.6 Å². The highest BCUT2D eigenvalue weighted by Gasteiger charge is 2.24. The smallest absolute Gasteiger partial charge is 0.338 e. The van der Waals surface area contributed by atoms with Crippen LogP contribution in [0.15, 0.2) is 78.9 Å². The summed E-state index contributed by atoms with van der Waals surface area (Å²) >= 11 is 0. The maximum Gasteiger partial charge on any atom is 0.338 e. The molecule has 1 amide bonds. The number of hydrogen-bond acceptors (Lipinski definition) is 5. The standard InChI is InChI=1S/C26H28NO5P/c1-30-17-18-32-16-15-27-25(28)20-13-14-23(26(29)31-2)24(19-20)33(21-9-5-3-6-10-21)22-11-7-4-8-12-22/h3-14,19H,15-18H2,1-2H3,(H,27,28). The van der Waals surface area contributed by atoms with E-state index in [1.54, 1.807) is 25.3 Å². The minimum atomic E-state index is -1.09. The van der Waals surface area contributed by atoms with Crippen LogP contribution in [0.3, 0.4) is 0 Å². The third-order valence-corrected chi connectivity index (χ3v) is 7.38. The molecule has 0 unspecified atom stereocenters. The number of amides is 1. The van der Waals surface area contributed by atoms with Crippen molar-refractivity contribution in [1.29, 1.82) is 0 Å². The first-order valence-electron chi connectivity index (χ1n) is 10.6. The van der Waals surface area contributed by atoms with E-state index in [4.69, 9.17) is 14.2 Å². The topological polar surface area (TPSA) is 73.9 Å². The molecular formula is C26H28NO5P. The van der Waals surface area contributed by atoms with E-state index in [1.807, 2.05) is 60.7 Å². The lowest BCUT2D eigenvalue weighted by atomic mass is 10.1. The van der Waals surface area contributed by atoms with Gasteiger partial charge in [0.05, 0.1) is 32.5 Å². The quantitative estimate of drug-likeness (QED) is 0.268. The Morgan fingerprint density at radius 2 is 1.45 bits per heavy atom. The molecule has 1 N–H and O–H groups in total. The van der Waals surface area contributed by atoms with Crippen LogP contribution in [0.1, 0.15) is 20.7 Å². The molecule has 3 aromatic carbocycles. The Kier molecular flexibility index (Phi) is 9.58. The molecule has 0 aliphatic heterocycles. The number of methoxy groups -OCH3 is 2. The highest BCUT2D eigenvalue weighted by atomic mass is 31.1. The molecule has 0 saturated carbocycles. The molecule has 3 aromatic rings. The number of nitrogens with one attached hydrogen (secondary N) is 1. The zero-order valence-corrected chi connectivity index (χ0v) is 19.7. The number of benzene rings is 3. The predicted molar refractivity (Wildman–Crippen MR) is 132 cm³/mol. The second kappa shape index (κ2) is 12.9. The Labute approximate surface area is 195 Å². The van der Waals surface area contributed by atoms with Crippen molar-refractivity contribution in [3.05, 3.63) is 90.0 Å². The fourth-order valence-electron chi connectivity index (χ4n) is 3.30. The van der Waals surface area contributed by atoms with Crippen molar-refractivity contribution < 1.29 is 23.8 Å². The molecule has 0 aromatic heterocycles. The van der Waals surface area contributed by atoms with Crippen LogP contribution in [0.2, 0.25) is 0 Å². The first kappa shape index (κ1) is 24.6. The van der Waals surface area contributed by atoms with Crippen LogP contribution in [-0.4, -0.2) is 52.5 Å². The molecule has 0 atom stereocenters. The average Bonchev–Trinajstić information content (AvgIpc) is 2.87. The summed E-state index contributed by atoms with van der Waals surface area (Å²) in [6.45, 7) is 1.75. The number of carbonyl (C=O) groups is 2. The normalized spacial score (nSPS) is 10.8. The maximum atomic E-state index is 12.8. The van der Waals surface area contributed by atoms with Gasteiger partial charge < -0.3 is 19.5 Å². The second-order valence-electron chi connectivity index (χ2n) is 7.09. The monoisotopic (exact) mass is 465 g/mol. The van der Waals surface area contributed by atoms with Crippen LogP contribution in [-0.2, 0) is 14.2 Å². The molecule has 6 nitrogen and oxygen atoms in total. The van der Waals surface area contributed by atoms with E-state index in [9.17, 15) is 9.59 Å². The first-order valence-corrected chi connectivity index (χ1v) is 12.0. The summed E-state index contributed by atoms with van der Waals surface area (Å²) in [6.07, 6.45) is 0. The predicted octanol–water partition coefficient (Wildman–Crippen LogP) is 2.62. The van der Waals surface area contributed by atoms with Crippen molar-refractivity contribution in [2.45, 2.75) is 0 Å². The Balaban J connectivity index is 1.95. The SMILES string of the molecule is COCCOCCNC(=O)c1ccc(C(=O)OC)c(P(c2ccccc2)c2ccccc2)c1. The van der Waals surface area contributed by atoms with Crippen LogP contribution < -0.4 is 21.2 Å². The average molecular weight is 465 g/mol. The summed E-state index contributed by atoms with van der Waals surface area (Å²) < 4.78 is 15.4. The molecule has 0 aliphatic carbocycles. The largest absolute Gasteiger partial charge is 0.465 e. The minimum absolute atomic E-state index is 0.223. The number of esters is 1. The van der Waals surface area contributed by atoms with Crippen LogP contribution in [0.4, 0.5) is 0 Å². The molecular weight excluding hydrogens is 437 g/mol. The van der Waals surface area contributed by atoms with E-state index in [-0.39, 0.29) is 5.91 Å². The summed E-state index contributed by atoms with van der Waals surface area (Å²) in [5.74, 6) is -0.651. The molecule has 0 aliphatic rings. The Hall–Kier alpha value is -3.05. The van der Waals surface area contributed by atoms with Gasteiger partial charge in [0, 0.05) is 24.5 Å². The lowest BCUT2D eigenvalue weighted by Gasteiger charge is -2.22. The number of rotatable bonds is 11. The molecule has 0 radical (unpaired) electrons. The fraction of sp³-hybridized carbons (Fsp3) is 0.231. The zero-order chi connectivity index (χ0) is 23.5. The van der Waals surface area contributed by atoms with Crippen LogP contribution in [0, 0.1) is 0 Å². The van der Waals surface area contributed by atoms with Crippen molar-refractivity contribution >= 4 is 35.7 Å². The van der Waals surface area contributed by atoms with E-state index in [0.29, 0.717) is 37.5 Å². The molecule has 0 heterocycles. The van der Waals surface area contributed by atoms with Gasteiger partial charge in [-0.15, -0.1) is 0 Å². The highest BCUT2D eigenvalue weighted by molar-refractivity contribution is 7.80. The molecule has 0 fully saturated rings. The van der Waals surface area contributed by atoms with Crippen LogP contribution >= 0.6 is 7.92 Å². The molecule has 7 heteroatoms. The zero-order valence-electron chi connectivity index (χ0n) is 18.8. The van der Waals surface area contributed by atoms with E-state index in [2.05, 4.69) is 5.32 Å². The van der Waals surface area contributed by atoms with Crippen LogP contribution in [0.25, 0.3) is 0 Å². The van der Waals surface area contributed by atoms with Gasteiger partial charge in [-0.05, 0) is 36.7 Å². The molecule has 0 saturated heterocycles. The molecule has 172 valence electrons. The van der Waals surface area contributed by atoms with Gasteiger partial charge in [-0.2, -0.15) is 0 Å². The second-order valence-corrected chi connectivity index (χ2v) is 9.28. The van der Waals surface area contributed by atoms with Crippen molar-refractivity contribution in [3.8, 4) is 0 Å². The summed E-state index contributed by atoms with van der Waals surface area (Å²) in [6, 6.07) is 25.1. The summed E-state index contributed by atoms with van der Waals surface area (Å²) in [5, 5.41) is 5.80.